The third-order valence-electron chi connectivity index (χ3n) is 4.53. The SMILES string of the molecule is O=C1CCc2cc(S(=O)(=O)Nc3cccc(Cl)c3Cl)cc3c2N1CC3. The summed E-state index contributed by atoms with van der Waals surface area (Å²) in [4.78, 5) is 13.9. The Bertz CT molecular complexity index is 1010. The van der Waals surface area contributed by atoms with Crippen molar-refractivity contribution in [2.45, 2.75) is 24.2 Å². The first-order valence-corrected chi connectivity index (χ1v) is 10.0. The van der Waals surface area contributed by atoms with Gasteiger partial charge in [0.1, 0.15) is 0 Å². The van der Waals surface area contributed by atoms with Crippen LogP contribution in [-0.2, 0) is 27.7 Å². The third-order valence-corrected chi connectivity index (χ3v) is 6.70. The lowest BCUT2D eigenvalue weighted by atomic mass is 10.00. The second-order valence-corrected chi connectivity index (χ2v) is 8.56. The van der Waals surface area contributed by atoms with Crippen LogP contribution in [0.4, 0.5) is 11.4 Å². The summed E-state index contributed by atoms with van der Waals surface area (Å²) in [6.07, 6.45) is 1.62. The van der Waals surface area contributed by atoms with E-state index in [0.29, 0.717) is 25.8 Å². The highest BCUT2D eigenvalue weighted by Gasteiger charge is 2.33. The molecule has 25 heavy (non-hydrogen) atoms. The van der Waals surface area contributed by atoms with Crippen LogP contribution in [0.25, 0.3) is 0 Å². The molecule has 0 spiro atoms. The molecular weight excluding hydrogens is 383 g/mol. The van der Waals surface area contributed by atoms with Gasteiger partial charge in [0.15, 0.2) is 0 Å². The molecule has 8 heteroatoms. The van der Waals surface area contributed by atoms with Gasteiger partial charge >= 0.3 is 0 Å². The summed E-state index contributed by atoms with van der Waals surface area (Å²) in [6, 6.07) is 8.06. The maximum atomic E-state index is 12.8. The summed E-state index contributed by atoms with van der Waals surface area (Å²) in [5.41, 5.74) is 2.91. The van der Waals surface area contributed by atoms with E-state index in [0.717, 1.165) is 16.8 Å². The van der Waals surface area contributed by atoms with Crippen molar-refractivity contribution in [3.05, 3.63) is 51.5 Å². The van der Waals surface area contributed by atoms with Gasteiger partial charge in [-0.25, -0.2) is 8.42 Å². The molecule has 0 atom stereocenters. The minimum absolute atomic E-state index is 0.102. The van der Waals surface area contributed by atoms with Crippen molar-refractivity contribution < 1.29 is 13.2 Å². The molecule has 1 N–H and O–H groups in total. The van der Waals surface area contributed by atoms with E-state index in [1.54, 1.807) is 35.2 Å². The van der Waals surface area contributed by atoms with E-state index in [2.05, 4.69) is 4.72 Å². The highest BCUT2D eigenvalue weighted by Crippen LogP contribution is 2.39. The fourth-order valence-corrected chi connectivity index (χ4v) is 4.94. The van der Waals surface area contributed by atoms with Crippen molar-refractivity contribution in [2.24, 2.45) is 0 Å². The zero-order valence-corrected chi connectivity index (χ0v) is 15.4. The lowest BCUT2D eigenvalue weighted by Crippen LogP contribution is -2.33. The van der Waals surface area contributed by atoms with Crippen molar-refractivity contribution in [3.63, 3.8) is 0 Å². The van der Waals surface area contributed by atoms with Crippen LogP contribution in [0.2, 0.25) is 10.0 Å². The number of benzene rings is 2. The number of carbonyl (C=O) groups is 1. The molecule has 2 aromatic carbocycles. The van der Waals surface area contributed by atoms with Crippen LogP contribution >= 0.6 is 23.2 Å². The Balaban J connectivity index is 1.75. The Hall–Kier alpha value is -1.76. The highest BCUT2D eigenvalue weighted by atomic mass is 35.5. The summed E-state index contributed by atoms with van der Waals surface area (Å²) in [5, 5.41) is 0.437. The van der Waals surface area contributed by atoms with Crippen molar-refractivity contribution in [1.82, 2.24) is 0 Å². The van der Waals surface area contributed by atoms with E-state index in [-0.39, 0.29) is 26.5 Å². The third kappa shape index (κ3) is 2.78. The van der Waals surface area contributed by atoms with Gasteiger partial charge in [-0.2, -0.15) is 0 Å². The van der Waals surface area contributed by atoms with Crippen molar-refractivity contribution in [3.8, 4) is 0 Å². The Morgan fingerprint density at radius 1 is 1.04 bits per heavy atom. The van der Waals surface area contributed by atoms with Crippen LogP contribution in [-0.4, -0.2) is 20.9 Å². The zero-order valence-electron chi connectivity index (χ0n) is 13.1. The van der Waals surface area contributed by atoms with Gasteiger partial charge in [-0.15, -0.1) is 0 Å². The maximum absolute atomic E-state index is 12.8. The standard InChI is InChI=1S/C17H14Cl2N2O3S/c18-13-2-1-3-14(16(13)19)20-25(23,24)12-8-10-4-5-15(22)21-7-6-11(9-12)17(10)21/h1-3,8-9,20H,4-7H2. The highest BCUT2D eigenvalue weighted by molar-refractivity contribution is 7.92. The first kappa shape index (κ1) is 16.7. The van der Waals surface area contributed by atoms with Crippen LogP contribution < -0.4 is 9.62 Å². The first-order valence-electron chi connectivity index (χ1n) is 7.80. The number of aryl methyl sites for hydroxylation is 1. The average Bonchev–Trinajstić information content (AvgIpc) is 3.00. The number of nitrogens with zero attached hydrogens (tertiary/aromatic N) is 1. The molecule has 0 saturated heterocycles. The van der Waals surface area contributed by atoms with Gasteiger partial charge in [-0.05, 0) is 48.2 Å². The molecule has 0 bridgehead atoms. The second kappa shape index (κ2) is 5.90. The number of nitrogens with one attached hydrogen (secondary N) is 1. The number of sulfonamides is 1. The van der Waals surface area contributed by atoms with Crippen LogP contribution in [0.15, 0.2) is 35.2 Å². The quantitative estimate of drug-likeness (QED) is 0.860. The van der Waals surface area contributed by atoms with Gasteiger partial charge < -0.3 is 4.90 Å². The summed E-state index contributed by atoms with van der Waals surface area (Å²) in [6.45, 7) is 0.609. The predicted octanol–water partition coefficient (Wildman–Crippen LogP) is 3.63. The van der Waals surface area contributed by atoms with Crippen LogP contribution in [0.1, 0.15) is 17.5 Å². The predicted molar refractivity (Wildman–Crippen MR) is 98.1 cm³/mol. The Morgan fingerprint density at radius 2 is 1.76 bits per heavy atom. The molecule has 0 unspecified atom stereocenters. The van der Waals surface area contributed by atoms with Gasteiger partial charge in [0, 0.05) is 13.0 Å². The Kier molecular flexibility index (Phi) is 3.94. The largest absolute Gasteiger partial charge is 0.312 e. The van der Waals surface area contributed by atoms with Gasteiger partial charge in [0.25, 0.3) is 10.0 Å². The average molecular weight is 397 g/mol. The summed E-state index contributed by atoms with van der Waals surface area (Å²) in [7, 11) is -3.81. The van der Waals surface area contributed by atoms with Crippen molar-refractivity contribution in [1.29, 1.82) is 0 Å². The number of anilines is 2. The number of hydrogen-bond donors (Lipinski definition) is 1. The summed E-state index contributed by atoms with van der Waals surface area (Å²) >= 11 is 12.0. The lowest BCUT2D eigenvalue weighted by molar-refractivity contribution is -0.118. The normalized spacial score (nSPS) is 16.1. The topological polar surface area (TPSA) is 66.5 Å². The van der Waals surface area contributed by atoms with E-state index in [9.17, 15) is 13.2 Å². The maximum Gasteiger partial charge on any atom is 0.261 e. The second-order valence-electron chi connectivity index (χ2n) is 6.09. The number of carbonyl (C=O) groups excluding carboxylic acids is 1. The van der Waals surface area contributed by atoms with E-state index in [1.165, 1.54) is 0 Å². The van der Waals surface area contributed by atoms with E-state index in [1.807, 2.05) is 0 Å². The molecule has 0 saturated carbocycles. The molecule has 0 radical (unpaired) electrons. The molecule has 0 fully saturated rings. The lowest BCUT2D eigenvalue weighted by Gasteiger charge is -2.25. The van der Waals surface area contributed by atoms with Crippen LogP contribution in [0.3, 0.4) is 0 Å². The molecule has 130 valence electrons. The monoisotopic (exact) mass is 396 g/mol. The molecule has 1 amide bonds. The molecule has 5 nitrogen and oxygen atoms in total. The minimum atomic E-state index is -3.81. The van der Waals surface area contributed by atoms with Gasteiger partial charge in [0.05, 0.1) is 26.3 Å². The number of amides is 1. The molecule has 2 aliphatic heterocycles. The van der Waals surface area contributed by atoms with E-state index >= 15 is 0 Å². The van der Waals surface area contributed by atoms with Gasteiger partial charge in [-0.1, -0.05) is 29.3 Å². The summed E-state index contributed by atoms with van der Waals surface area (Å²) < 4.78 is 28.1. The van der Waals surface area contributed by atoms with Gasteiger partial charge in [-0.3, -0.25) is 9.52 Å². The van der Waals surface area contributed by atoms with Gasteiger partial charge in [0.2, 0.25) is 5.91 Å². The number of rotatable bonds is 3. The minimum Gasteiger partial charge on any atom is -0.312 e. The number of hydrogen-bond acceptors (Lipinski definition) is 3. The van der Waals surface area contributed by atoms with Crippen molar-refractivity contribution >= 4 is 50.5 Å². The molecule has 0 aliphatic carbocycles. The van der Waals surface area contributed by atoms with Crippen LogP contribution in [0.5, 0.6) is 0 Å². The zero-order chi connectivity index (χ0) is 17.8. The first-order chi connectivity index (χ1) is 11.9. The molecule has 2 aromatic rings. The van der Waals surface area contributed by atoms with Crippen molar-refractivity contribution in [2.75, 3.05) is 16.2 Å². The molecular formula is C17H14Cl2N2O3S. The fourth-order valence-electron chi connectivity index (χ4n) is 3.37. The van der Waals surface area contributed by atoms with E-state index < -0.39 is 10.0 Å². The van der Waals surface area contributed by atoms with Crippen LogP contribution in [0, 0.1) is 0 Å². The molecule has 0 aromatic heterocycles. The Morgan fingerprint density at radius 3 is 2.52 bits per heavy atom. The van der Waals surface area contributed by atoms with E-state index in [4.69, 9.17) is 23.2 Å². The number of halogens is 2. The Labute approximate surface area is 155 Å². The molecule has 2 aliphatic rings. The summed E-state index contributed by atoms with van der Waals surface area (Å²) in [5.74, 6) is 0.102. The molecule has 2 heterocycles. The smallest absolute Gasteiger partial charge is 0.261 e. The molecule has 4 rings (SSSR count). The fraction of sp³-hybridized carbons (Fsp3) is 0.235.